The largest absolute Gasteiger partial charge is 0.459 e. The van der Waals surface area contributed by atoms with Gasteiger partial charge in [-0.1, -0.05) is 0 Å². The first-order valence-corrected chi connectivity index (χ1v) is 9.98. The van der Waals surface area contributed by atoms with Crippen molar-refractivity contribution < 1.29 is 9.21 Å². The molecule has 0 bridgehead atoms. The number of nitrogens with one attached hydrogen (secondary N) is 1. The Bertz CT molecular complexity index is 949. The van der Waals surface area contributed by atoms with Crippen LogP contribution in [0, 0.1) is 0 Å². The quantitative estimate of drug-likeness (QED) is 0.708. The van der Waals surface area contributed by atoms with E-state index in [-0.39, 0.29) is 17.9 Å². The standard InChI is InChI=1S/C22H25N5O2/c1-15(2)25-22-24-14-18(16-5-9-23-10-6-16)20(26-22)17-7-11-27(12-8-17)21(28)19-4-3-13-29-19/h3-6,9-10,13-15,17H,7-8,11-12H2,1-2H3,(H,24,25,26). The Hall–Kier alpha value is -3.22. The zero-order valence-corrected chi connectivity index (χ0v) is 16.7. The van der Waals surface area contributed by atoms with Crippen LogP contribution in [0.1, 0.15) is 48.9 Å². The molecule has 7 heteroatoms. The first kappa shape index (κ1) is 19.1. The van der Waals surface area contributed by atoms with E-state index < -0.39 is 0 Å². The molecule has 4 rings (SSSR count). The number of carbonyl (C=O) groups is 1. The minimum absolute atomic E-state index is 0.0485. The van der Waals surface area contributed by atoms with E-state index in [4.69, 9.17) is 9.40 Å². The van der Waals surface area contributed by atoms with Crippen LogP contribution in [-0.4, -0.2) is 44.9 Å². The van der Waals surface area contributed by atoms with Gasteiger partial charge in [-0.3, -0.25) is 9.78 Å². The number of likely N-dealkylation sites (tertiary alicyclic amines) is 1. The second kappa shape index (κ2) is 8.43. The number of piperidine rings is 1. The summed E-state index contributed by atoms with van der Waals surface area (Å²) in [6.07, 6.45) is 8.69. The van der Waals surface area contributed by atoms with Crippen molar-refractivity contribution in [3.8, 4) is 11.1 Å². The van der Waals surface area contributed by atoms with Gasteiger partial charge in [0.1, 0.15) is 0 Å². The van der Waals surface area contributed by atoms with E-state index >= 15 is 0 Å². The number of nitrogens with zero attached hydrogens (tertiary/aromatic N) is 4. The van der Waals surface area contributed by atoms with Gasteiger partial charge in [-0.25, -0.2) is 9.97 Å². The summed E-state index contributed by atoms with van der Waals surface area (Å²) in [5.41, 5.74) is 3.11. The number of carbonyl (C=O) groups excluding carboxylic acids is 1. The molecule has 0 spiro atoms. The lowest BCUT2D eigenvalue weighted by Crippen LogP contribution is -2.38. The molecule has 0 saturated carbocycles. The Kier molecular flexibility index (Phi) is 5.55. The van der Waals surface area contributed by atoms with Gasteiger partial charge in [-0.05, 0) is 56.5 Å². The summed E-state index contributed by atoms with van der Waals surface area (Å²) in [7, 11) is 0. The number of aromatic nitrogens is 3. The Morgan fingerprint density at radius 2 is 1.97 bits per heavy atom. The number of furan rings is 1. The SMILES string of the molecule is CC(C)Nc1ncc(-c2ccncc2)c(C2CCN(C(=O)c3ccco3)CC2)n1. The molecule has 1 aliphatic rings. The van der Waals surface area contributed by atoms with Crippen LogP contribution in [-0.2, 0) is 0 Å². The first-order chi connectivity index (χ1) is 14.1. The van der Waals surface area contributed by atoms with E-state index in [0.717, 1.165) is 29.7 Å². The first-order valence-electron chi connectivity index (χ1n) is 9.98. The van der Waals surface area contributed by atoms with Gasteiger partial charge in [0, 0.05) is 49.2 Å². The van der Waals surface area contributed by atoms with Crippen molar-refractivity contribution in [2.24, 2.45) is 0 Å². The molecule has 1 N–H and O–H groups in total. The van der Waals surface area contributed by atoms with Crippen LogP contribution >= 0.6 is 0 Å². The summed E-state index contributed by atoms with van der Waals surface area (Å²) >= 11 is 0. The Balaban J connectivity index is 1.57. The van der Waals surface area contributed by atoms with E-state index in [2.05, 4.69) is 29.1 Å². The lowest BCUT2D eigenvalue weighted by molar-refractivity contribution is 0.0680. The summed E-state index contributed by atoms with van der Waals surface area (Å²) < 4.78 is 5.26. The highest BCUT2D eigenvalue weighted by molar-refractivity contribution is 5.91. The van der Waals surface area contributed by atoms with Gasteiger partial charge >= 0.3 is 0 Å². The number of amides is 1. The van der Waals surface area contributed by atoms with E-state index in [1.54, 1.807) is 24.5 Å². The molecule has 1 saturated heterocycles. The molecule has 4 heterocycles. The molecule has 1 fully saturated rings. The normalized spacial score (nSPS) is 14.9. The molecule has 7 nitrogen and oxygen atoms in total. The van der Waals surface area contributed by atoms with Crippen LogP contribution in [0.15, 0.2) is 53.5 Å². The predicted octanol–water partition coefficient (Wildman–Crippen LogP) is 3.97. The van der Waals surface area contributed by atoms with Gasteiger partial charge in [0.2, 0.25) is 5.95 Å². The van der Waals surface area contributed by atoms with Crippen LogP contribution in [0.3, 0.4) is 0 Å². The molecule has 3 aromatic rings. The van der Waals surface area contributed by atoms with Gasteiger partial charge in [0.15, 0.2) is 5.76 Å². The summed E-state index contributed by atoms with van der Waals surface area (Å²) in [5.74, 6) is 1.25. The van der Waals surface area contributed by atoms with Gasteiger partial charge < -0.3 is 14.6 Å². The zero-order chi connectivity index (χ0) is 20.2. The third kappa shape index (κ3) is 4.29. The number of rotatable bonds is 5. The number of anilines is 1. The highest BCUT2D eigenvalue weighted by atomic mass is 16.3. The molecule has 150 valence electrons. The third-order valence-electron chi connectivity index (χ3n) is 5.13. The summed E-state index contributed by atoms with van der Waals surface area (Å²) in [6.45, 7) is 5.49. The van der Waals surface area contributed by atoms with E-state index in [1.807, 2.05) is 23.2 Å². The maximum Gasteiger partial charge on any atom is 0.289 e. The molecule has 1 aliphatic heterocycles. The molecular formula is C22H25N5O2. The molecule has 0 atom stereocenters. The van der Waals surface area contributed by atoms with Gasteiger partial charge in [0.05, 0.1) is 12.0 Å². The Morgan fingerprint density at radius 3 is 2.62 bits per heavy atom. The highest BCUT2D eigenvalue weighted by Crippen LogP contribution is 2.34. The van der Waals surface area contributed by atoms with E-state index in [1.165, 1.54) is 6.26 Å². The lowest BCUT2D eigenvalue weighted by atomic mass is 9.89. The topological polar surface area (TPSA) is 84.2 Å². The minimum Gasteiger partial charge on any atom is -0.459 e. The molecule has 0 radical (unpaired) electrons. The predicted molar refractivity (Wildman–Crippen MR) is 111 cm³/mol. The zero-order valence-electron chi connectivity index (χ0n) is 16.7. The second-order valence-electron chi connectivity index (χ2n) is 7.57. The number of hydrogen-bond donors (Lipinski definition) is 1. The summed E-state index contributed by atoms with van der Waals surface area (Å²) in [4.78, 5) is 27.9. The van der Waals surface area contributed by atoms with Crippen molar-refractivity contribution in [1.29, 1.82) is 0 Å². The van der Waals surface area contributed by atoms with Gasteiger partial charge in [0.25, 0.3) is 5.91 Å². The minimum atomic E-state index is -0.0485. The fourth-order valence-corrected chi connectivity index (χ4v) is 3.70. The summed E-state index contributed by atoms with van der Waals surface area (Å²) in [5, 5.41) is 3.30. The maximum absolute atomic E-state index is 12.6. The van der Waals surface area contributed by atoms with E-state index in [0.29, 0.717) is 24.8 Å². The highest BCUT2D eigenvalue weighted by Gasteiger charge is 2.28. The molecular weight excluding hydrogens is 366 g/mol. The summed E-state index contributed by atoms with van der Waals surface area (Å²) in [6, 6.07) is 7.66. The van der Waals surface area contributed by atoms with Crippen LogP contribution in [0.4, 0.5) is 5.95 Å². The average molecular weight is 391 g/mol. The van der Waals surface area contributed by atoms with Crippen molar-refractivity contribution >= 4 is 11.9 Å². The molecule has 3 aromatic heterocycles. The van der Waals surface area contributed by atoms with Crippen molar-refractivity contribution in [2.45, 2.75) is 38.6 Å². The van der Waals surface area contributed by atoms with E-state index in [9.17, 15) is 4.79 Å². The monoisotopic (exact) mass is 391 g/mol. The van der Waals surface area contributed by atoms with Crippen molar-refractivity contribution in [3.05, 3.63) is 60.6 Å². The average Bonchev–Trinajstić information content (AvgIpc) is 3.28. The molecule has 0 aromatic carbocycles. The van der Waals surface area contributed by atoms with Crippen molar-refractivity contribution in [1.82, 2.24) is 19.9 Å². The Morgan fingerprint density at radius 1 is 1.21 bits per heavy atom. The Labute approximate surface area is 170 Å². The molecule has 1 amide bonds. The van der Waals surface area contributed by atoms with Crippen LogP contribution in [0.25, 0.3) is 11.1 Å². The smallest absolute Gasteiger partial charge is 0.289 e. The maximum atomic E-state index is 12.6. The fraction of sp³-hybridized carbons (Fsp3) is 0.364. The van der Waals surface area contributed by atoms with Crippen molar-refractivity contribution in [3.63, 3.8) is 0 Å². The molecule has 0 aliphatic carbocycles. The molecule has 0 unspecified atom stereocenters. The third-order valence-corrected chi connectivity index (χ3v) is 5.13. The van der Waals surface area contributed by atoms with Crippen LogP contribution < -0.4 is 5.32 Å². The number of pyridine rings is 1. The molecule has 29 heavy (non-hydrogen) atoms. The van der Waals surface area contributed by atoms with Crippen LogP contribution in [0.5, 0.6) is 0 Å². The van der Waals surface area contributed by atoms with Crippen LogP contribution in [0.2, 0.25) is 0 Å². The number of hydrogen-bond acceptors (Lipinski definition) is 6. The van der Waals surface area contributed by atoms with Crippen molar-refractivity contribution in [2.75, 3.05) is 18.4 Å². The second-order valence-corrected chi connectivity index (χ2v) is 7.57. The lowest BCUT2D eigenvalue weighted by Gasteiger charge is -2.32. The van der Waals surface area contributed by atoms with Gasteiger partial charge in [-0.15, -0.1) is 0 Å². The fourth-order valence-electron chi connectivity index (χ4n) is 3.70. The van der Waals surface area contributed by atoms with Gasteiger partial charge in [-0.2, -0.15) is 0 Å².